The maximum Gasteiger partial charge on any atom is 0.0794 e. The van der Waals surface area contributed by atoms with Gasteiger partial charge >= 0.3 is 0 Å². The number of hydrogen-bond acceptors (Lipinski definition) is 6. The summed E-state index contributed by atoms with van der Waals surface area (Å²) in [5.41, 5.74) is 5.09. The van der Waals surface area contributed by atoms with E-state index in [0.29, 0.717) is 6.04 Å². The molecule has 1 aromatic heterocycles. The maximum absolute atomic E-state index is 5.19. The highest BCUT2D eigenvalue weighted by Gasteiger charge is 2.49. The predicted molar refractivity (Wildman–Crippen MR) is 130 cm³/mol. The summed E-state index contributed by atoms with van der Waals surface area (Å²) in [6.07, 6.45) is 2.31. The standard InChI is InChI=1S/C25H33N5S/c1-17-13-21-24(31-17)25(2,30-10-7-19-15-27-16-23(19)30)14-22(28-21)18-3-5-20(6-4-18)29-11-8-26-9-12-29/h3-6,13,19,23,26-27H,7-12,14-16H2,1-2H3. The molecule has 6 heteroatoms. The Morgan fingerprint density at radius 3 is 2.68 bits per heavy atom. The van der Waals surface area contributed by atoms with E-state index in [4.69, 9.17) is 4.99 Å². The van der Waals surface area contributed by atoms with Gasteiger partial charge in [0.2, 0.25) is 0 Å². The zero-order valence-electron chi connectivity index (χ0n) is 18.7. The lowest BCUT2D eigenvalue weighted by molar-refractivity contribution is 0.0960. The molecule has 0 bridgehead atoms. The third-order valence-corrected chi connectivity index (χ3v) is 9.15. The number of nitrogens with zero attached hydrogens (tertiary/aromatic N) is 3. The Kier molecular flexibility index (Phi) is 4.94. The summed E-state index contributed by atoms with van der Waals surface area (Å²) >= 11 is 1.95. The first-order valence-electron chi connectivity index (χ1n) is 11.8. The van der Waals surface area contributed by atoms with Gasteiger partial charge in [-0.15, -0.1) is 11.3 Å². The lowest BCUT2D eigenvalue weighted by atomic mass is 9.84. The highest BCUT2D eigenvalue weighted by molar-refractivity contribution is 7.12. The summed E-state index contributed by atoms with van der Waals surface area (Å²) in [5, 5.41) is 7.08. The van der Waals surface area contributed by atoms with Gasteiger partial charge in [-0.3, -0.25) is 9.89 Å². The molecule has 3 atom stereocenters. The molecule has 2 aromatic rings. The number of anilines is 1. The largest absolute Gasteiger partial charge is 0.369 e. The second kappa shape index (κ2) is 7.69. The lowest BCUT2D eigenvalue weighted by Gasteiger charge is -2.44. The Morgan fingerprint density at radius 2 is 1.87 bits per heavy atom. The van der Waals surface area contributed by atoms with Gasteiger partial charge in [0.05, 0.1) is 21.8 Å². The summed E-state index contributed by atoms with van der Waals surface area (Å²) in [4.78, 5) is 13.3. The molecular weight excluding hydrogens is 402 g/mol. The van der Waals surface area contributed by atoms with Crippen molar-refractivity contribution >= 4 is 28.4 Å². The van der Waals surface area contributed by atoms with Crippen molar-refractivity contribution in [3.8, 4) is 0 Å². The van der Waals surface area contributed by atoms with Crippen molar-refractivity contribution in [1.29, 1.82) is 0 Å². The predicted octanol–water partition coefficient (Wildman–Crippen LogP) is 3.50. The number of hydrogen-bond donors (Lipinski definition) is 2. The number of benzene rings is 1. The molecule has 0 saturated carbocycles. The molecule has 31 heavy (non-hydrogen) atoms. The van der Waals surface area contributed by atoms with Crippen LogP contribution in [0, 0.1) is 12.8 Å². The summed E-state index contributed by atoms with van der Waals surface area (Å²) in [7, 11) is 0. The summed E-state index contributed by atoms with van der Waals surface area (Å²) in [6.45, 7) is 12.5. The van der Waals surface area contributed by atoms with Crippen molar-refractivity contribution in [1.82, 2.24) is 15.5 Å². The fourth-order valence-electron chi connectivity index (χ4n) is 6.21. The van der Waals surface area contributed by atoms with E-state index in [1.807, 2.05) is 11.3 Å². The molecule has 2 N–H and O–H groups in total. The van der Waals surface area contributed by atoms with Crippen LogP contribution in [0.4, 0.5) is 11.4 Å². The van der Waals surface area contributed by atoms with Crippen LogP contribution in [0.1, 0.15) is 35.1 Å². The van der Waals surface area contributed by atoms with Crippen LogP contribution in [0.2, 0.25) is 0 Å². The average Bonchev–Trinajstić information content (AvgIpc) is 3.50. The van der Waals surface area contributed by atoms with Gasteiger partial charge in [-0.25, -0.2) is 0 Å². The zero-order chi connectivity index (χ0) is 21.0. The minimum atomic E-state index is 0.0357. The van der Waals surface area contributed by atoms with Gasteiger partial charge in [0.25, 0.3) is 0 Å². The van der Waals surface area contributed by atoms with Crippen molar-refractivity contribution in [2.45, 2.75) is 38.3 Å². The normalized spacial score (nSPS) is 30.9. The van der Waals surface area contributed by atoms with E-state index in [1.165, 1.54) is 51.9 Å². The number of aryl methyl sites for hydroxylation is 1. The summed E-state index contributed by atoms with van der Waals surface area (Å²) in [5.74, 6) is 0.807. The van der Waals surface area contributed by atoms with Crippen LogP contribution in [0.15, 0.2) is 35.3 Å². The first-order valence-corrected chi connectivity index (χ1v) is 12.7. The van der Waals surface area contributed by atoms with E-state index in [0.717, 1.165) is 45.1 Å². The Morgan fingerprint density at radius 1 is 1.06 bits per heavy atom. The van der Waals surface area contributed by atoms with Gasteiger partial charge in [0.15, 0.2) is 0 Å². The molecule has 3 unspecified atom stereocenters. The summed E-state index contributed by atoms with van der Waals surface area (Å²) < 4.78 is 0. The smallest absolute Gasteiger partial charge is 0.0794 e. The van der Waals surface area contributed by atoms with E-state index in [2.05, 4.69) is 64.6 Å². The van der Waals surface area contributed by atoms with Crippen LogP contribution in [0.3, 0.4) is 0 Å². The molecule has 0 spiro atoms. The van der Waals surface area contributed by atoms with Crippen molar-refractivity contribution in [3.05, 3.63) is 45.6 Å². The molecule has 4 aliphatic rings. The third kappa shape index (κ3) is 3.35. The second-order valence-corrected chi connectivity index (χ2v) is 11.1. The SMILES string of the molecule is Cc1cc2c(s1)C(C)(N1CCC3CNCC31)CC(c1ccc(N3CCNCC3)cc1)=N2. The minimum Gasteiger partial charge on any atom is -0.369 e. The van der Waals surface area contributed by atoms with E-state index in [-0.39, 0.29) is 5.54 Å². The molecule has 6 rings (SSSR count). The van der Waals surface area contributed by atoms with E-state index in [9.17, 15) is 0 Å². The number of likely N-dealkylation sites (tertiary alicyclic amines) is 1. The molecular formula is C25H33N5S. The van der Waals surface area contributed by atoms with Gasteiger partial charge in [-0.2, -0.15) is 0 Å². The number of nitrogens with one attached hydrogen (secondary N) is 2. The van der Waals surface area contributed by atoms with Gasteiger partial charge in [0.1, 0.15) is 0 Å². The van der Waals surface area contributed by atoms with Crippen LogP contribution in [0.5, 0.6) is 0 Å². The van der Waals surface area contributed by atoms with Crippen LogP contribution >= 0.6 is 11.3 Å². The first-order chi connectivity index (χ1) is 15.1. The minimum absolute atomic E-state index is 0.0357. The highest BCUT2D eigenvalue weighted by atomic mass is 32.1. The van der Waals surface area contributed by atoms with Gasteiger partial charge in [-0.1, -0.05) is 12.1 Å². The third-order valence-electron chi connectivity index (χ3n) is 7.85. The van der Waals surface area contributed by atoms with Crippen molar-refractivity contribution in [2.24, 2.45) is 10.9 Å². The fraction of sp³-hybridized carbons (Fsp3) is 0.560. The Hall–Kier alpha value is -1.73. The van der Waals surface area contributed by atoms with Crippen molar-refractivity contribution in [3.63, 3.8) is 0 Å². The monoisotopic (exact) mass is 435 g/mol. The number of piperazine rings is 1. The molecule has 0 amide bonds. The summed E-state index contributed by atoms with van der Waals surface area (Å²) in [6, 6.07) is 12.1. The highest BCUT2D eigenvalue weighted by Crippen LogP contribution is 2.50. The van der Waals surface area contributed by atoms with Crippen molar-refractivity contribution in [2.75, 3.05) is 50.7 Å². The molecule has 1 aromatic carbocycles. The fourth-order valence-corrected chi connectivity index (χ4v) is 7.32. The van der Waals surface area contributed by atoms with Gasteiger partial charge in [0, 0.05) is 55.8 Å². The number of aliphatic imine (C=N–C) groups is 1. The Bertz CT molecular complexity index is 990. The van der Waals surface area contributed by atoms with E-state index >= 15 is 0 Å². The first kappa shape index (κ1) is 19.9. The zero-order valence-corrected chi connectivity index (χ0v) is 19.5. The molecule has 0 aliphatic carbocycles. The quantitative estimate of drug-likeness (QED) is 0.775. The lowest BCUT2D eigenvalue weighted by Crippen LogP contribution is -2.50. The molecule has 0 radical (unpaired) electrons. The van der Waals surface area contributed by atoms with Crippen LogP contribution < -0.4 is 15.5 Å². The molecule has 5 nitrogen and oxygen atoms in total. The average molecular weight is 436 g/mol. The van der Waals surface area contributed by atoms with E-state index in [1.54, 1.807) is 0 Å². The second-order valence-electron chi connectivity index (χ2n) is 9.83. The number of fused-ring (bicyclic) bond motifs is 2. The molecule has 164 valence electrons. The van der Waals surface area contributed by atoms with Crippen LogP contribution in [0.25, 0.3) is 0 Å². The molecule has 3 fully saturated rings. The topological polar surface area (TPSA) is 42.9 Å². The molecule has 4 aliphatic heterocycles. The molecule has 5 heterocycles. The maximum atomic E-state index is 5.19. The Balaban J connectivity index is 1.33. The van der Waals surface area contributed by atoms with Crippen LogP contribution in [-0.2, 0) is 5.54 Å². The Labute approximate surface area is 189 Å². The van der Waals surface area contributed by atoms with Gasteiger partial charge in [-0.05, 0) is 63.0 Å². The van der Waals surface area contributed by atoms with Crippen LogP contribution in [-0.4, -0.2) is 62.5 Å². The number of thiophene rings is 1. The molecule has 3 saturated heterocycles. The van der Waals surface area contributed by atoms with Gasteiger partial charge < -0.3 is 15.5 Å². The number of rotatable bonds is 3. The van der Waals surface area contributed by atoms with Crippen molar-refractivity contribution < 1.29 is 0 Å². The van der Waals surface area contributed by atoms with E-state index < -0.39 is 0 Å².